The normalized spacial score (nSPS) is 11.8. The number of phenols is 1. The van der Waals surface area contributed by atoms with Crippen LogP contribution in [0.5, 0.6) is 5.75 Å². The number of aromatic hydroxyl groups is 1. The topological polar surface area (TPSA) is 98.7 Å². The Labute approximate surface area is 111 Å². The molecule has 4 N–H and O–H groups in total. The van der Waals surface area contributed by atoms with Gasteiger partial charge in [-0.15, -0.1) is 0 Å². The number of nitrogens with one attached hydrogen (secondary N) is 2. The highest BCUT2D eigenvalue weighted by molar-refractivity contribution is 5.84. The van der Waals surface area contributed by atoms with Gasteiger partial charge in [0.1, 0.15) is 11.8 Å². The van der Waals surface area contributed by atoms with Crippen molar-refractivity contribution in [2.24, 2.45) is 0 Å². The van der Waals surface area contributed by atoms with E-state index >= 15 is 0 Å². The number of carboxylic acids is 1. The zero-order chi connectivity index (χ0) is 14.3. The summed E-state index contributed by atoms with van der Waals surface area (Å²) in [6.07, 6.45) is 0.174. The number of aliphatic carboxylic acids is 1. The molecule has 1 rings (SSSR count). The molecule has 1 unspecified atom stereocenters. The Morgan fingerprint density at radius 2 is 1.89 bits per heavy atom. The van der Waals surface area contributed by atoms with Gasteiger partial charge in [-0.3, -0.25) is 4.79 Å². The number of hydrogen-bond donors (Lipinski definition) is 4. The molecule has 0 radical (unpaired) electrons. The van der Waals surface area contributed by atoms with Gasteiger partial charge in [0.05, 0.1) is 6.54 Å². The van der Waals surface area contributed by atoms with E-state index in [1.807, 2.05) is 6.92 Å². The maximum absolute atomic E-state index is 11.5. The van der Waals surface area contributed by atoms with Gasteiger partial charge in [0.2, 0.25) is 5.91 Å². The van der Waals surface area contributed by atoms with Crippen molar-refractivity contribution in [3.05, 3.63) is 29.8 Å². The Kier molecular flexibility index (Phi) is 5.81. The molecule has 1 aromatic rings. The van der Waals surface area contributed by atoms with Crippen LogP contribution in [0.15, 0.2) is 24.3 Å². The van der Waals surface area contributed by atoms with Crippen LogP contribution in [0.1, 0.15) is 12.5 Å². The van der Waals surface area contributed by atoms with Gasteiger partial charge >= 0.3 is 5.97 Å². The Balaban J connectivity index is 2.60. The molecule has 6 heteroatoms. The van der Waals surface area contributed by atoms with E-state index in [0.29, 0.717) is 6.54 Å². The fourth-order valence-corrected chi connectivity index (χ4v) is 1.55. The third kappa shape index (κ3) is 5.39. The summed E-state index contributed by atoms with van der Waals surface area (Å²) in [6, 6.07) is 5.24. The molecule has 1 aromatic carbocycles. The molecular weight excluding hydrogens is 248 g/mol. The molecule has 0 spiro atoms. The second-order valence-corrected chi connectivity index (χ2v) is 4.11. The summed E-state index contributed by atoms with van der Waals surface area (Å²) < 4.78 is 0. The predicted octanol–water partition coefficient (Wildman–Crippen LogP) is 0.114. The molecule has 0 heterocycles. The zero-order valence-electron chi connectivity index (χ0n) is 10.7. The average Bonchev–Trinajstić information content (AvgIpc) is 2.38. The van der Waals surface area contributed by atoms with Gasteiger partial charge in [-0.05, 0) is 24.2 Å². The Bertz CT molecular complexity index is 431. The van der Waals surface area contributed by atoms with Gasteiger partial charge in [-0.1, -0.05) is 19.1 Å². The van der Waals surface area contributed by atoms with Crippen LogP contribution in [-0.2, 0) is 16.0 Å². The quantitative estimate of drug-likeness (QED) is 0.561. The number of likely N-dealkylation sites (N-methyl/N-ethyl adjacent to an activating group) is 1. The standard InChI is InChI=1S/C13H18N2O4/c1-2-14-8-12(17)15-11(13(18)19)7-9-3-5-10(16)6-4-9/h3-6,11,14,16H,2,7-8H2,1H3,(H,15,17)(H,18,19). The maximum atomic E-state index is 11.5. The number of benzene rings is 1. The lowest BCUT2D eigenvalue weighted by atomic mass is 10.1. The first-order valence-electron chi connectivity index (χ1n) is 6.03. The molecule has 0 aliphatic carbocycles. The fourth-order valence-electron chi connectivity index (χ4n) is 1.55. The van der Waals surface area contributed by atoms with Gasteiger partial charge < -0.3 is 20.8 Å². The zero-order valence-corrected chi connectivity index (χ0v) is 10.7. The van der Waals surface area contributed by atoms with Gasteiger partial charge in [0.15, 0.2) is 0 Å². The lowest BCUT2D eigenvalue weighted by Crippen LogP contribution is -2.45. The number of phenolic OH excluding ortho intramolecular Hbond substituents is 1. The molecule has 19 heavy (non-hydrogen) atoms. The van der Waals surface area contributed by atoms with Crippen LogP contribution in [0.2, 0.25) is 0 Å². The summed E-state index contributed by atoms with van der Waals surface area (Å²) in [7, 11) is 0. The van der Waals surface area contributed by atoms with E-state index in [-0.39, 0.29) is 24.6 Å². The molecular formula is C13H18N2O4. The number of carbonyl (C=O) groups is 2. The van der Waals surface area contributed by atoms with Crippen LogP contribution in [0, 0.1) is 0 Å². The summed E-state index contributed by atoms with van der Waals surface area (Å²) in [5.41, 5.74) is 0.731. The SMILES string of the molecule is CCNCC(=O)NC(Cc1ccc(O)cc1)C(=O)O. The fraction of sp³-hybridized carbons (Fsp3) is 0.385. The van der Waals surface area contributed by atoms with Gasteiger partial charge in [-0.25, -0.2) is 4.79 Å². The first-order chi connectivity index (χ1) is 9.02. The molecule has 0 saturated carbocycles. The first-order valence-corrected chi connectivity index (χ1v) is 6.03. The Morgan fingerprint density at radius 3 is 2.42 bits per heavy atom. The monoisotopic (exact) mass is 266 g/mol. The third-order valence-corrected chi connectivity index (χ3v) is 2.55. The summed E-state index contributed by atoms with van der Waals surface area (Å²) >= 11 is 0. The molecule has 1 atom stereocenters. The van der Waals surface area contributed by atoms with Crippen LogP contribution in [0.25, 0.3) is 0 Å². The van der Waals surface area contributed by atoms with E-state index in [4.69, 9.17) is 10.2 Å². The van der Waals surface area contributed by atoms with Crippen molar-refractivity contribution in [1.82, 2.24) is 10.6 Å². The van der Waals surface area contributed by atoms with E-state index in [1.165, 1.54) is 12.1 Å². The number of hydrogen-bond acceptors (Lipinski definition) is 4. The molecule has 0 saturated heterocycles. The Morgan fingerprint density at radius 1 is 1.26 bits per heavy atom. The van der Waals surface area contributed by atoms with Gasteiger partial charge in [-0.2, -0.15) is 0 Å². The second kappa shape index (κ2) is 7.38. The predicted molar refractivity (Wildman–Crippen MR) is 69.9 cm³/mol. The average molecular weight is 266 g/mol. The van der Waals surface area contributed by atoms with E-state index in [9.17, 15) is 9.59 Å². The van der Waals surface area contributed by atoms with Crippen molar-refractivity contribution in [3.63, 3.8) is 0 Å². The molecule has 0 bridgehead atoms. The number of carbonyl (C=O) groups excluding carboxylic acids is 1. The van der Waals surface area contributed by atoms with Crippen molar-refractivity contribution in [2.75, 3.05) is 13.1 Å². The number of carboxylic acid groups (broad SMARTS) is 1. The summed E-state index contributed by atoms with van der Waals surface area (Å²) in [5.74, 6) is -1.32. The highest BCUT2D eigenvalue weighted by Crippen LogP contribution is 2.11. The maximum Gasteiger partial charge on any atom is 0.326 e. The molecule has 0 aliphatic heterocycles. The van der Waals surface area contributed by atoms with Crippen LogP contribution < -0.4 is 10.6 Å². The largest absolute Gasteiger partial charge is 0.508 e. The van der Waals surface area contributed by atoms with Gasteiger partial charge in [0, 0.05) is 6.42 Å². The molecule has 0 aromatic heterocycles. The molecule has 1 amide bonds. The number of amides is 1. The highest BCUT2D eigenvalue weighted by atomic mass is 16.4. The molecule has 6 nitrogen and oxygen atoms in total. The van der Waals surface area contributed by atoms with Crippen molar-refractivity contribution < 1.29 is 19.8 Å². The van der Waals surface area contributed by atoms with Crippen LogP contribution >= 0.6 is 0 Å². The minimum atomic E-state index is -1.09. The smallest absolute Gasteiger partial charge is 0.326 e. The van der Waals surface area contributed by atoms with Crippen LogP contribution in [-0.4, -0.2) is 41.2 Å². The van der Waals surface area contributed by atoms with Crippen molar-refractivity contribution >= 4 is 11.9 Å². The van der Waals surface area contributed by atoms with E-state index in [1.54, 1.807) is 12.1 Å². The third-order valence-electron chi connectivity index (χ3n) is 2.55. The van der Waals surface area contributed by atoms with Gasteiger partial charge in [0.25, 0.3) is 0 Å². The Hall–Kier alpha value is -2.08. The van der Waals surface area contributed by atoms with E-state index < -0.39 is 12.0 Å². The lowest BCUT2D eigenvalue weighted by Gasteiger charge is -2.14. The number of rotatable bonds is 7. The van der Waals surface area contributed by atoms with Crippen LogP contribution in [0.3, 0.4) is 0 Å². The summed E-state index contributed by atoms with van der Waals surface area (Å²) in [6.45, 7) is 2.59. The summed E-state index contributed by atoms with van der Waals surface area (Å²) in [4.78, 5) is 22.6. The first kappa shape index (κ1) is 15.0. The second-order valence-electron chi connectivity index (χ2n) is 4.11. The minimum Gasteiger partial charge on any atom is -0.508 e. The van der Waals surface area contributed by atoms with Crippen molar-refractivity contribution in [2.45, 2.75) is 19.4 Å². The highest BCUT2D eigenvalue weighted by Gasteiger charge is 2.19. The summed E-state index contributed by atoms with van der Waals surface area (Å²) in [5, 5.41) is 23.5. The molecule has 0 aliphatic rings. The lowest BCUT2D eigenvalue weighted by molar-refractivity contribution is -0.141. The van der Waals surface area contributed by atoms with E-state index in [2.05, 4.69) is 10.6 Å². The van der Waals surface area contributed by atoms with Crippen molar-refractivity contribution in [3.8, 4) is 5.75 Å². The van der Waals surface area contributed by atoms with E-state index in [0.717, 1.165) is 5.56 Å². The molecule has 0 fully saturated rings. The van der Waals surface area contributed by atoms with Crippen molar-refractivity contribution in [1.29, 1.82) is 0 Å². The van der Waals surface area contributed by atoms with Crippen LogP contribution in [0.4, 0.5) is 0 Å². The minimum absolute atomic E-state index is 0.0931. The molecule has 104 valence electrons.